The monoisotopic (exact) mass is 409 g/mol. The Kier molecular flexibility index (Phi) is 8.30. The van der Waals surface area contributed by atoms with Gasteiger partial charge in [-0.25, -0.2) is 4.79 Å². The van der Waals surface area contributed by atoms with Crippen molar-refractivity contribution < 1.29 is 19.1 Å². The van der Waals surface area contributed by atoms with E-state index in [1.165, 1.54) is 37.7 Å². The SMILES string of the molecule is CCCCOC(=O)c1ccc(NC(=O)COc2ccc(C3CCCCC3)cc2)cc1. The highest BCUT2D eigenvalue weighted by Gasteiger charge is 2.15. The van der Waals surface area contributed by atoms with Gasteiger partial charge < -0.3 is 14.8 Å². The first kappa shape index (κ1) is 21.9. The lowest BCUT2D eigenvalue weighted by molar-refractivity contribution is -0.118. The maximum atomic E-state index is 12.2. The molecule has 0 heterocycles. The van der Waals surface area contributed by atoms with E-state index >= 15 is 0 Å². The topological polar surface area (TPSA) is 64.6 Å². The number of unbranched alkanes of at least 4 members (excludes halogenated alkanes) is 1. The third-order valence-electron chi connectivity index (χ3n) is 5.46. The van der Waals surface area contributed by atoms with Crippen LogP contribution in [0.2, 0.25) is 0 Å². The van der Waals surface area contributed by atoms with Crippen molar-refractivity contribution in [3.05, 3.63) is 59.7 Å². The van der Waals surface area contributed by atoms with Gasteiger partial charge in [0.15, 0.2) is 6.61 Å². The third-order valence-corrected chi connectivity index (χ3v) is 5.46. The molecule has 1 aliphatic carbocycles. The van der Waals surface area contributed by atoms with Crippen LogP contribution >= 0.6 is 0 Å². The molecule has 0 atom stereocenters. The van der Waals surface area contributed by atoms with Gasteiger partial charge >= 0.3 is 5.97 Å². The van der Waals surface area contributed by atoms with E-state index in [0.717, 1.165) is 12.8 Å². The molecule has 2 aromatic carbocycles. The minimum absolute atomic E-state index is 0.0659. The van der Waals surface area contributed by atoms with Crippen LogP contribution in [-0.4, -0.2) is 25.1 Å². The Morgan fingerprint density at radius 3 is 2.33 bits per heavy atom. The van der Waals surface area contributed by atoms with Gasteiger partial charge in [0.2, 0.25) is 0 Å². The van der Waals surface area contributed by atoms with Crippen LogP contribution in [0.3, 0.4) is 0 Å². The van der Waals surface area contributed by atoms with E-state index in [1.807, 2.05) is 19.1 Å². The van der Waals surface area contributed by atoms with E-state index in [4.69, 9.17) is 9.47 Å². The minimum atomic E-state index is -0.346. The number of carbonyl (C=O) groups excluding carboxylic acids is 2. The van der Waals surface area contributed by atoms with Crippen molar-refractivity contribution in [2.24, 2.45) is 0 Å². The van der Waals surface area contributed by atoms with E-state index in [2.05, 4.69) is 17.4 Å². The zero-order valence-corrected chi connectivity index (χ0v) is 17.7. The molecule has 0 spiro atoms. The summed E-state index contributed by atoms with van der Waals surface area (Å²) in [6, 6.07) is 14.8. The van der Waals surface area contributed by atoms with E-state index < -0.39 is 0 Å². The molecule has 160 valence electrons. The Balaban J connectivity index is 1.43. The number of nitrogens with one attached hydrogen (secondary N) is 1. The molecule has 5 nitrogen and oxygen atoms in total. The van der Waals surface area contributed by atoms with Gasteiger partial charge in [-0.1, -0.05) is 44.7 Å². The van der Waals surface area contributed by atoms with Crippen LogP contribution in [-0.2, 0) is 9.53 Å². The number of hydrogen-bond donors (Lipinski definition) is 1. The molecule has 1 fully saturated rings. The number of esters is 1. The Labute approximate surface area is 178 Å². The molecule has 0 aromatic heterocycles. The van der Waals surface area contributed by atoms with Crippen LogP contribution < -0.4 is 10.1 Å². The van der Waals surface area contributed by atoms with Crippen molar-refractivity contribution in [1.29, 1.82) is 0 Å². The van der Waals surface area contributed by atoms with Crippen molar-refractivity contribution in [1.82, 2.24) is 0 Å². The fourth-order valence-electron chi connectivity index (χ4n) is 3.70. The average Bonchev–Trinajstić information content (AvgIpc) is 2.79. The fourth-order valence-corrected chi connectivity index (χ4v) is 3.70. The molecular weight excluding hydrogens is 378 g/mol. The van der Waals surface area contributed by atoms with E-state index in [9.17, 15) is 9.59 Å². The van der Waals surface area contributed by atoms with Gasteiger partial charge in [-0.05, 0) is 67.1 Å². The van der Waals surface area contributed by atoms with Crippen LogP contribution in [0, 0.1) is 0 Å². The molecular formula is C25H31NO4. The van der Waals surface area contributed by atoms with Gasteiger partial charge in [0, 0.05) is 5.69 Å². The van der Waals surface area contributed by atoms with Gasteiger partial charge in [-0.15, -0.1) is 0 Å². The van der Waals surface area contributed by atoms with Crippen molar-refractivity contribution in [3.8, 4) is 5.75 Å². The molecule has 1 amide bonds. The van der Waals surface area contributed by atoms with Crippen molar-refractivity contribution >= 4 is 17.6 Å². The lowest BCUT2D eigenvalue weighted by Crippen LogP contribution is -2.20. The fraction of sp³-hybridized carbons (Fsp3) is 0.440. The molecule has 1 saturated carbocycles. The number of amides is 1. The van der Waals surface area contributed by atoms with Gasteiger partial charge in [-0.2, -0.15) is 0 Å². The number of ether oxygens (including phenoxy) is 2. The van der Waals surface area contributed by atoms with Crippen LogP contribution in [0.25, 0.3) is 0 Å². The summed E-state index contributed by atoms with van der Waals surface area (Å²) in [5, 5.41) is 2.78. The predicted molar refractivity (Wildman–Crippen MR) is 118 cm³/mol. The number of anilines is 1. The number of benzene rings is 2. The zero-order chi connectivity index (χ0) is 21.2. The number of rotatable bonds is 9. The van der Waals surface area contributed by atoms with Gasteiger partial charge in [0.1, 0.15) is 5.75 Å². The van der Waals surface area contributed by atoms with Crippen LogP contribution in [0.5, 0.6) is 5.75 Å². The Bertz CT molecular complexity index is 808. The van der Waals surface area contributed by atoms with Crippen LogP contribution in [0.1, 0.15) is 73.7 Å². The summed E-state index contributed by atoms with van der Waals surface area (Å²) in [6.45, 7) is 2.40. The summed E-state index contributed by atoms with van der Waals surface area (Å²) < 4.78 is 10.8. The van der Waals surface area contributed by atoms with Gasteiger partial charge in [-0.3, -0.25) is 4.79 Å². The summed E-state index contributed by atoms with van der Waals surface area (Å²) in [7, 11) is 0. The molecule has 1 aliphatic rings. The normalized spacial score (nSPS) is 14.2. The van der Waals surface area contributed by atoms with Gasteiger partial charge in [0.25, 0.3) is 5.91 Å². The first-order valence-corrected chi connectivity index (χ1v) is 11.0. The summed E-state index contributed by atoms with van der Waals surface area (Å²) in [5.41, 5.74) is 2.44. The number of carbonyl (C=O) groups is 2. The van der Waals surface area contributed by atoms with Crippen molar-refractivity contribution in [3.63, 3.8) is 0 Å². The molecule has 30 heavy (non-hydrogen) atoms. The molecule has 2 aromatic rings. The first-order chi connectivity index (χ1) is 14.7. The van der Waals surface area contributed by atoms with Crippen molar-refractivity contribution in [2.75, 3.05) is 18.5 Å². The standard InChI is InChI=1S/C25H31NO4/c1-2-3-17-29-25(28)21-9-13-22(14-10-21)26-24(27)18-30-23-15-11-20(12-16-23)19-7-5-4-6-8-19/h9-16,19H,2-8,17-18H2,1H3,(H,26,27). The molecule has 5 heteroatoms. The molecule has 0 bridgehead atoms. The highest BCUT2D eigenvalue weighted by molar-refractivity contribution is 5.93. The maximum Gasteiger partial charge on any atom is 0.338 e. The predicted octanol–water partition coefficient (Wildman–Crippen LogP) is 5.71. The molecule has 0 radical (unpaired) electrons. The van der Waals surface area contributed by atoms with E-state index in [-0.39, 0.29) is 18.5 Å². The molecule has 3 rings (SSSR count). The molecule has 0 unspecified atom stereocenters. The van der Waals surface area contributed by atoms with Crippen LogP contribution in [0.4, 0.5) is 5.69 Å². The zero-order valence-electron chi connectivity index (χ0n) is 17.7. The highest BCUT2D eigenvalue weighted by atomic mass is 16.5. The largest absolute Gasteiger partial charge is 0.484 e. The second kappa shape index (κ2) is 11.4. The lowest BCUT2D eigenvalue weighted by Gasteiger charge is -2.22. The number of hydrogen-bond acceptors (Lipinski definition) is 4. The lowest BCUT2D eigenvalue weighted by atomic mass is 9.84. The first-order valence-electron chi connectivity index (χ1n) is 11.0. The Morgan fingerprint density at radius 1 is 0.967 bits per heavy atom. The molecule has 0 aliphatic heterocycles. The Hall–Kier alpha value is -2.82. The molecule has 1 N–H and O–H groups in total. The minimum Gasteiger partial charge on any atom is -0.484 e. The Morgan fingerprint density at radius 2 is 1.67 bits per heavy atom. The molecule has 0 saturated heterocycles. The summed E-state index contributed by atoms with van der Waals surface area (Å²) in [6.07, 6.45) is 8.32. The highest BCUT2D eigenvalue weighted by Crippen LogP contribution is 2.33. The van der Waals surface area contributed by atoms with Crippen molar-refractivity contribution in [2.45, 2.75) is 57.8 Å². The second-order valence-corrected chi connectivity index (χ2v) is 7.81. The average molecular weight is 410 g/mol. The summed E-state index contributed by atoms with van der Waals surface area (Å²) in [4.78, 5) is 24.1. The smallest absolute Gasteiger partial charge is 0.338 e. The van der Waals surface area contributed by atoms with Crippen LogP contribution in [0.15, 0.2) is 48.5 Å². The summed E-state index contributed by atoms with van der Waals surface area (Å²) >= 11 is 0. The van der Waals surface area contributed by atoms with Gasteiger partial charge in [0.05, 0.1) is 12.2 Å². The van der Waals surface area contributed by atoms with E-state index in [1.54, 1.807) is 24.3 Å². The maximum absolute atomic E-state index is 12.2. The van der Waals surface area contributed by atoms with E-state index in [0.29, 0.717) is 29.5 Å². The summed E-state index contributed by atoms with van der Waals surface area (Å²) in [5.74, 6) is 0.754. The quantitative estimate of drug-likeness (QED) is 0.426. The third kappa shape index (κ3) is 6.61. The second-order valence-electron chi connectivity index (χ2n) is 7.81.